The second-order valence-corrected chi connectivity index (χ2v) is 17.6. The monoisotopic (exact) mass is 776 g/mol. The van der Waals surface area contributed by atoms with Crippen LogP contribution in [0, 0.1) is 0 Å². The fourth-order valence-corrected chi connectivity index (χ4v) is 11.5. The van der Waals surface area contributed by atoms with Crippen molar-refractivity contribution in [2.24, 2.45) is 0 Å². The number of hydrogen-bond acceptors (Lipinski definition) is 1. The summed E-state index contributed by atoms with van der Waals surface area (Å²) in [7, 11) is 0. The van der Waals surface area contributed by atoms with Crippen LogP contribution < -0.4 is 5.56 Å². The van der Waals surface area contributed by atoms with Crippen LogP contribution >= 0.6 is 0 Å². The largest absolute Gasteiger partial charge is 0.309 e. The Labute approximate surface area is 350 Å². The van der Waals surface area contributed by atoms with Crippen molar-refractivity contribution in [3.8, 4) is 27.9 Å². The zero-order chi connectivity index (χ0) is 40.3. The minimum atomic E-state index is -0.106. The Morgan fingerprint density at radius 3 is 1.75 bits per heavy atom. The van der Waals surface area contributed by atoms with Crippen LogP contribution in [0.1, 0.15) is 25.0 Å². The van der Waals surface area contributed by atoms with Crippen molar-refractivity contribution in [2.75, 3.05) is 0 Å². The van der Waals surface area contributed by atoms with E-state index in [-0.39, 0.29) is 11.0 Å². The SMILES string of the molecule is CC1(C)c2ccccc2-c2cc3c(cc21)c1ccccc1n3-c1cc(-c2ccc3c4cccc5c6ccccc6c(=O)n(c3c2)c54)c2c3ccccc3c3ccccc3c2c1. The van der Waals surface area contributed by atoms with Crippen LogP contribution in [0.3, 0.4) is 0 Å². The van der Waals surface area contributed by atoms with Gasteiger partial charge in [0.15, 0.2) is 0 Å². The predicted octanol–water partition coefficient (Wildman–Crippen LogP) is 14.7. The molecule has 14 rings (SSSR count). The first-order valence-corrected chi connectivity index (χ1v) is 21.2. The molecule has 13 aromatic rings. The maximum atomic E-state index is 14.6. The summed E-state index contributed by atoms with van der Waals surface area (Å²) in [4.78, 5) is 14.6. The van der Waals surface area contributed by atoms with E-state index in [1.54, 1.807) is 0 Å². The standard InChI is InChI=1S/C58H36N2O/c1-58(2)50-24-11-9-18-39(50)47-32-54-48(31-51(47)58)40-19-10-12-25-52(40)59(54)34-29-46(55-42-20-7-5-15-36(42)35-14-3-4-16-37(35)49(55)30-34)33-26-27-41-44-23-13-22-43-38-17-6-8-21-45(38)57(61)60(56(43)44)53(41)28-33/h3-32H,1-2H3. The van der Waals surface area contributed by atoms with Crippen LogP contribution in [0.15, 0.2) is 187 Å². The van der Waals surface area contributed by atoms with E-state index in [4.69, 9.17) is 0 Å². The number of para-hydroxylation sites is 2. The molecule has 1 aliphatic rings. The lowest BCUT2D eigenvalue weighted by molar-refractivity contribution is 0.661. The number of nitrogens with zero attached hydrogens (tertiary/aromatic N) is 2. The second-order valence-electron chi connectivity index (χ2n) is 17.6. The molecule has 0 unspecified atom stereocenters. The summed E-state index contributed by atoms with van der Waals surface area (Å²) in [5.74, 6) is 0. The summed E-state index contributed by atoms with van der Waals surface area (Å²) in [6.45, 7) is 4.72. The highest BCUT2D eigenvalue weighted by molar-refractivity contribution is 6.29. The topological polar surface area (TPSA) is 26.4 Å². The van der Waals surface area contributed by atoms with E-state index < -0.39 is 0 Å². The van der Waals surface area contributed by atoms with Gasteiger partial charge < -0.3 is 4.57 Å². The van der Waals surface area contributed by atoms with Crippen molar-refractivity contribution in [3.63, 3.8) is 0 Å². The first kappa shape index (κ1) is 33.1. The molecular weight excluding hydrogens is 741 g/mol. The number of rotatable bonds is 2. The smallest absolute Gasteiger partial charge is 0.263 e. The van der Waals surface area contributed by atoms with E-state index in [2.05, 4.69) is 182 Å². The zero-order valence-corrected chi connectivity index (χ0v) is 33.6. The van der Waals surface area contributed by atoms with Gasteiger partial charge in [-0.3, -0.25) is 9.20 Å². The van der Waals surface area contributed by atoms with Gasteiger partial charge in [-0.15, -0.1) is 0 Å². The summed E-state index contributed by atoms with van der Waals surface area (Å²) >= 11 is 0. The minimum Gasteiger partial charge on any atom is -0.309 e. The number of aromatic nitrogens is 2. The molecular formula is C58H36N2O. The summed E-state index contributed by atoms with van der Waals surface area (Å²) in [5.41, 5.74) is 12.9. The Hall–Kier alpha value is -7.75. The van der Waals surface area contributed by atoms with Gasteiger partial charge in [0.1, 0.15) is 0 Å². The molecule has 0 spiro atoms. The van der Waals surface area contributed by atoms with Crippen LogP contribution in [0.2, 0.25) is 0 Å². The van der Waals surface area contributed by atoms with Crippen molar-refractivity contribution in [2.45, 2.75) is 19.3 Å². The molecule has 3 heterocycles. The van der Waals surface area contributed by atoms with Crippen molar-refractivity contribution in [3.05, 3.63) is 203 Å². The average molecular weight is 777 g/mol. The molecule has 0 aliphatic heterocycles. The van der Waals surface area contributed by atoms with E-state index in [9.17, 15) is 4.79 Å². The van der Waals surface area contributed by atoms with Crippen LogP contribution in [0.5, 0.6) is 0 Å². The molecule has 0 radical (unpaired) electrons. The van der Waals surface area contributed by atoms with E-state index in [1.807, 2.05) is 22.6 Å². The summed E-state index contributed by atoms with van der Waals surface area (Å²) in [6, 6.07) is 66.5. The van der Waals surface area contributed by atoms with E-state index in [1.165, 1.54) is 76.4 Å². The third kappa shape index (κ3) is 4.15. The van der Waals surface area contributed by atoms with Gasteiger partial charge >= 0.3 is 0 Å². The number of hydrogen-bond donors (Lipinski definition) is 0. The fourth-order valence-electron chi connectivity index (χ4n) is 11.5. The Balaban J connectivity index is 1.15. The highest BCUT2D eigenvalue weighted by atomic mass is 16.1. The van der Waals surface area contributed by atoms with E-state index in [0.29, 0.717) is 0 Å². The second kappa shape index (κ2) is 11.5. The number of fused-ring (bicyclic) bond motifs is 17. The molecule has 0 bridgehead atoms. The van der Waals surface area contributed by atoms with Gasteiger partial charge in [0.25, 0.3) is 5.56 Å². The van der Waals surface area contributed by atoms with Crippen LogP contribution in [0.4, 0.5) is 0 Å². The molecule has 284 valence electrons. The number of benzene rings is 10. The number of pyridine rings is 1. The Kier molecular flexibility index (Phi) is 6.24. The molecule has 0 fully saturated rings. The molecule has 0 saturated carbocycles. The summed E-state index contributed by atoms with van der Waals surface area (Å²) in [6.07, 6.45) is 0. The maximum absolute atomic E-state index is 14.6. The third-order valence-corrected chi connectivity index (χ3v) is 14.2. The van der Waals surface area contributed by atoms with Crippen LogP contribution in [0.25, 0.3) is 120 Å². The molecule has 10 aromatic carbocycles. The summed E-state index contributed by atoms with van der Waals surface area (Å²) < 4.78 is 4.46. The van der Waals surface area contributed by atoms with Gasteiger partial charge in [-0.2, -0.15) is 0 Å². The lowest BCUT2D eigenvalue weighted by Gasteiger charge is -2.21. The minimum absolute atomic E-state index is 0.0177. The fraction of sp³-hybridized carbons (Fsp3) is 0.0517. The molecule has 0 saturated heterocycles. The van der Waals surface area contributed by atoms with Crippen LogP contribution in [-0.2, 0) is 5.41 Å². The quantitative estimate of drug-likeness (QED) is 0.161. The first-order valence-electron chi connectivity index (χ1n) is 21.2. The highest BCUT2D eigenvalue weighted by Gasteiger charge is 2.36. The van der Waals surface area contributed by atoms with Crippen molar-refractivity contribution in [1.29, 1.82) is 0 Å². The molecule has 0 N–H and O–H groups in total. The first-order chi connectivity index (χ1) is 30.0. The van der Waals surface area contributed by atoms with Gasteiger partial charge in [-0.05, 0) is 114 Å². The molecule has 3 aromatic heterocycles. The van der Waals surface area contributed by atoms with Gasteiger partial charge in [-0.1, -0.05) is 153 Å². The predicted molar refractivity (Wildman–Crippen MR) is 257 cm³/mol. The molecule has 1 aliphatic carbocycles. The Morgan fingerprint density at radius 2 is 0.967 bits per heavy atom. The molecule has 0 amide bonds. The maximum Gasteiger partial charge on any atom is 0.263 e. The van der Waals surface area contributed by atoms with Gasteiger partial charge in [0.2, 0.25) is 0 Å². The third-order valence-electron chi connectivity index (χ3n) is 14.2. The lowest BCUT2D eigenvalue weighted by atomic mass is 9.82. The van der Waals surface area contributed by atoms with Crippen molar-refractivity contribution in [1.82, 2.24) is 8.97 Å². The zero-order valence-electron chi connectivity index (χ0n) is 33.6. The Bertz CT molecular complexity index is 4160. The Morgan fingerprint density at radius 1 is 0.377 bits per heavy atom. The lowest BCUT2D eigenvalue weighted by Crippen LogP contribution is -2.14. The molecule has 3 heteroatoms. The molecule has 0 atom stereocenters. The van der Waals surface area contributed by atoms with Crippen molar-refractivity contribution < 1.29 is 0 Å². The van der Waals surface area contributed by atoms with E-state index in [0.717, 1.165) is 54.8 Å². The van der Waals surface area contributed by atoms with Crippen molar-refractivity contribution >= 4 is 92.1 Å². The molecule has 61 heavy (non-hydrogen) atoms. The average Bonchev–Trinajstić information content (AvgIpc) is 3.90. The van der Waals surface area contributed by atoms with Crippen LogP contribution in [-0.4, -0.2) is 8.97 Å². The van der Waals surface area contributed by atoms with E-state index >= 15 is 0 Å². The van der Waals surface area contributed by atoms with Gasteiger partial charge in [-0.25, -0.2) is 0 Å². The summed E-state index contributed by atoms with van der Waals surface area (Å²) in [5, 5.41) is 14.8. The highest BCUT2D eigenvalue weighted by Crippen LogP contribution is 2.52. The molecule has 3 nitrogen and oxygen atoms in total. The van der Waals surface area contributed by atoms with Gasteiger partial charge in [0.05, 0.1) is 22.1 Å². The normalized spacial score (nSPS) is 13.6. The van der Waals surface area contributed by atoms with Gasteiger partial charge in [0, 0.05) is 43.4 Å².